The van der Waals surface area contributed by atoms with Crippen LogP contribution in [0.5, 0.6) is 5.75 Å². The van der Waals surface area contributed by atoms with Gasteiger partial charge in [0, 0.05) is 22.3 Å². The van der Waals surface area contributed by atoms with Gasteiger partial charge in [0.1, 0.15) is 12.4 Å². The highest BCUT2D eigenvalue weighted by Crippen LogP contribution is 2.25. The molecule has 2 nitrogen and oxygen atoms in total. The van der Waals surface area contributed by atoms with Crippen LogP contribution in [0.25, 0.3) is 0 Å². The number of rotatable bonds is 6. The van der Waals surface area contributed by atoms with Gasteiger partial charge in [0.15, 0.2) is 0 Å². The third-order valence-corrected chi connectivity index (χ3v) is 5.02. The van der Waals surface area contributed by atoms with Crippen LogP contribution in [-0.4, -0.2) is 0 Å². The summed E-state index contributed by atoms with van der Waals surface area (Å²) in [5.74, 6) is 0.908. The van der Waals surface area contributed by atoms with Crippen LogP contribution >= 0.6 is 15.9 Å². The third-order valence-electron chi connectivity index (χ3n) is 4.53. The predicted molar refractivity (Wildman–Crippen MR) is 113 cm³/mol. The second kappa shape index (κ2) is 8.41. The summed E-state index contributed by atoms with van der Waals surface area (Å²) >= 11 is 3.56. The minimum Gasteiger partial charge on any atom is -0.489 e. The van der Waals surface area contributed by atoms with Crippen molar-refractivity contribution >= 4 is 21.6 Å². The van der Waals surface area contributed by atoms with Crippen LogP contribution in [0.4, 0.5) is 5.69 Å². The molecule has 0 radical (unpaired) electrons. The van der Waals surface area contributed by atoms with Crippen LogP contribution in [-0.2, 0) is 13.2 Å². The van der Waals surface area contributed by atoms with Crippen molar-refractivity contribution in [1.29, 1.82) is 0 Å². The number of anilines is 1. The van der Waals surface area contributed by atoms with Crippen molar-refractivity contribution in [3.63, 3.8) is 0 Å². The number of hydrogen-bond acceptors (Lipinski definition) is 2. The minimum absolute atomic E-state index is 0.568. The molecule has 0 bridgehead atoms. The highest BCUT2D eigenvalue weighted by Gasteiger charge is 2.06. The normalized spacial score (nSPS) is 10.6. The van der Waals surface area contributed by atoms with E-state index in [0.29, 0.717) is 13.2 Å². The Morgan fingerprint density at radius 3 is 2.35 bits per heavy atom. The lowest BCUT2D eigenvalue weighted by molar-refractivity contribution is 0.303. The van der Waals surface area contributed by atoms with Gasteiger partial charge in [-0.05, 0) is 67.8 Å². The molecule has 0 aliphatic rings. The lowest BCUT2D eigenvalue weighted by Crippen LogP contribution is -2.04. The van der Waals surface area contributed by atoms with Gasteiger partial charge in [-0.2, -0.15) is 0 Å². The van der Waals surface area contributed by atoms with E-state index in [2.05, 4.69) is 90.5 Å². The maximum atomic E-state index is 6.09. The van der Waals surface area contributed by atoms with Gasteiger partial charge in [-0.15, -0.1) is 0 Å². The quantitative estimate of drug-likeness (QED) is 0.497. The Balaban J connectivity index is 1.70. The molecule has 3 aromatic rings. The summed E-state index contributed by atoms with van der Waals surface area (Å²) in [5.41, 5.74) is 7.28. The second-order valence-corrected chi connectivity index (χ2v) is 7.59. The number of nitrogens with one attached hydrogen (secondary N) is 1. The van der Waals surface area contributed by atoms with E-state index in [9.17, 15) is 0 Å². The third kappa shape index (κ3) is 4.89. The molecule has 0 aromatic heterocycles. The van der Waals surface area contributed by atoms with E-state index in [-0.39, 0.29) is 0 Å². The summed E-state index contributed by atoms with van der Waals surface area (Å²) in [4.78, 5) is 0. The first-order valence-corrected chi connectivity index (χ1v) is 9.58. The fourth-order valence-electron chi connectivity index (χ4n) is 2.72. The lowest BCUT2D eigenvalue weighted by Gasteiger charge is -2.14. The smallest absolute Gasteiger partial charge is 0.124 e. The summed E-state index contributed by atoms with van der Waals surface area (Å²) in [6, 6.07) is 21.0. The first kappa shape index (κ1) is 18.5. The van der Waals surface area contributed by atoms with E-state index in [4.69, 9.17) is 4.74 Å². The Morgan fingerprint density at radius 2 is 1.62 bits per heavy atom. The van der Waals surface area contributed by atoms with Crippen LogP contribution in [0.15, 0.2) is 65.1 Å². The summed E-state index contributed by atoms with van der Waals surface area (Å²) in [6.07, 6.45) is 0. The summed E-state index contributed by atoms with van der Waals surface area (Å²) in [6.45, 7) is 7.64. The minimum atomic E-state index is 0.568. The molecule has 3 aromatic carbocycles. The molecular weight excluding hydrogens is 386 g/mol. The number of benzene rings is 3. The van der Waals surface area contributed by atoms with E-state index in [1.807, 2.05) is 12.1 Å². The molecule has 0 heterocycles. The number of aryl methyl sites for hydroxylation is 3. The zero-order valence-corrected chi connectivity index (χ0v) is 17.1. The number of hydrogen-bond donors (Lipinski definition) is 1. The van der Waals surface area contributed by atoms with Crippen molar-refractivity contribution in [3.05, 3.63) is 93.0 Å². The SMILES string of the molecule is Cc1ccc(COc2ccc(Br)cc2CNc2ccc(C)c(C)c2)cc1. The highest BCUT2D eigenvalue weighted by atomic mass is 79.9. The Labute approximate surface area is 164 Å². The van der Waals surface area contributed by atoms with E-state index >= 15 is 0 Å². The van der Waals surface area contributed by atoms with Gasteiger partial charge >= 0.3 is 0 Å². The molecule has 0 atom stereocenters. The summed E-state index contributed by atoms with van der Waals surface area (Å²) < 4.78 is 7.14. The van der Waals surface area contributed by atoms with Crippen LogP contribution in [0, 0.1) is 20.8 Å². The molecule has 0 aliphatic heterocycles. The number of halogens is 1. The molecular formula is C23H24BrNO. The van der Waals surface area contributed by atoms with E-state index in [1.54, 1.807) is 0 Å². The van der Waals surface area contributed by atoms with Gasteiger partial charge in [-0.3, -0.25) is 0 Å². The molecule has 0 aliphatic carbocycles. The van der Waals surface area contributed by atoms with Gasteiger partial charge in [-0.1, -0.05) is 51.8 Å². The van der Waals surface area contributed by atoms with Crippen LogP contribution < -0.4 is 10.1 Å². The van der Waals surface area contributed by atoms with Crippen molar-refractivity contribution < 1.29 is 4.74 Å². The molecule has 1 N–H and O–H groups in total. The van der Waals surface area contributed by atoms with Gasteiger partial charge in [0.2, 0.25) is 0 Å². The average Bonchev–Trinajstić information content (AvgIpc) is 2.63. The number of ether oxygens (including phenoxy) is 1. The standard InChI is InChI=1S/C23H24BrNO/c1-16-4-7-19(8-5-16)15-26-23-11-9-21(24)13-20(23)14-25-22-10-6-17(2)18(3)12-22/h4-13,25H,14-15H2,1-3H3. The van der Waals surface area contributed by atoms with E-state index in [0.717, 1.165) is 21.5 Å². The van der Waals surface area contributed by atoms with Crippen molar-refractivity contribution in [2.45, 2.75) is 33.9 Å². The first-order chi connectivity index (χ1) is 12.5. The lowest BCUT2D eigenvalue weighted by atomic mass is 10.1. The molecule has 3 rings (SSSR count). The molecule has 3 heteroatoms. The molecule has 0 fully saturated rings. The Bertz CT molecular complexity index is 887. The zero-order chi connectivity index (χ0) is 18.5. The van der Waals surface area contributed by atoms with E-state index < -0.39 is 0 Å². The fraction of sp³-hybridized carbons (Fsp3) is 0.217. The van der Waals surface area contributed by atoms with Gasteiger partial charge in [0.05, 0.1) is 0 Å². The highest BCUT2D eigenvalue weighted by molar-refractivity contribution is 9.10. The van der Waals surface area contributed by atoms with Crippen LogP contribution in [0.2, 0.25) is 0 Å². The van der Waals surface area contributed by atoms with Gasteiger partial charge in [-0.25, -0.2) is 0 Å². The maximum absolute atomic E-state index is 6.09. The van der Waals surface area contributed by atoms with Crippen LogP contribution in [0.1, 0.15) is 27.8 Å². The van der Waals surface area contributed by atoms with Gasteiger partial charge < -0.3 is 10.1 Å². The van der Waals surface area contributed by atoms with Gasteiger partial charge in [0.25, 0.3) is 0 Å². The maximum Gasteiger partial charge on any atom is 0.124 e. The summed E-state index contributed by atoms with van der Waals surface area (Å²) in [7, 11) is 0. The largest absolute Gasteiger partial charge is 0.489 e. The van der Waals surface area contributed by atoms with Crippen molar-refractivity contribution in [2.24, 2.45) is 0 Å². The molecule has 0 amide bonds. The molecule has 0 saturated carbocycles. The first-order valence-electron chi connectivity index (χ1n) is 8.79. The predicted octanol–water partition coefficient (Wildman–Crippen LogP) is 6.57. The monoisotopic (exact) mass is 409 g/mol. The topological polar surface area (TPSA) is 21.3 Å². The Morgan fingerprint density at radius 1 is 0.846 bits per heavy atom. The van der Waals surface area contributed by atoms with Crippen molar-refractivity contribution in [3.8, 4) is 5.75 Å². The fourth-order valence-corrected chi connectivity index (χ4v) is 3.13. The Hall–Kier alpha value is -2.26. The molecule has 0 saturated heterocycles. The molecule has 134 valence electrons. The molecule has 0 spiro atoms. The molecule has 26 heavy (non-hydrogen) atoms. The molecule has 0 unspecified atom stereocenters. The second-order valence-electron chi connectivity index (χ2n) is 6.68. The van der Waals surface area contributed by atoms with Crippen molar-refractivity contribution in [1.82, 2.24) is 0 Å². The van der Waals surface area contributed by atoms with Crippen LogP contribution in [0.3, 0.4) is 0 Å². The average molecular weight is 410 g/mol. The Kier molecular flexibility index (Phi) is 6.00. The zero-order valence-electron chi connectivity index (χ0n) is 15.5. The van der Waals surface area contributed by atoms with E-state index in [1.165, 1.54) is 22.3 Å². The van der Waals surface area contributed by atoms with Crippen molar-refractivity contribution in [2.75, 3.05) is 5.32 Å². The summed E-state index contributed by atoms with van der Waals surface area (Å²) in [5, 5.41) is 3.50.